The van der Waals surface area contributed by atoms with Crippen molar-refractivity contribution in [2.24, 2.45) is 5.73 Å². The van der Waals surface area contributed by atoms with Gasteiger partial charge in [-0.1, -0.05) is 30.3 Å². The van der Waals surface area contributed by atoms with Crippen molar-refractivity contribution in [3.63, 3.8) is 0 Å². The summed E-state index contributed by atoms with van der Waals surface area (Å²) in [5.41, 5.74) is 7.38. The van der Waals surface area contributed by atoms with Gasteiger partial charge < -0.3 is 10.5 Å². The number of ether oxygens (including phenoxy) is 1. The van der Waals surface area contributed by atoms with Gasteiger partial charge in [-0.3, -0.25) is 4.90 Å². The van der Waals surface area contributed by atoms with Crippen LogP contribution in [0.4, 0.5) is 0 Å². The quantitative estimate of drug-likeness (QED) is 0.821. The number of rotatable bonds is 6. The average molecular weight is 236 g/mol. The molecule has 0 saturated carbocycles. The smallest absolute Gasteiger partial charge is 0.0615 e. The molecule has 0 bridgehead atoms. The van der Waals surface area contributed by atoms with Crippen LogP contribution in [-0.4, -0.2) is 37.7 Å². The van der Waals surface area contributed by atoms with Gasteiger partial charge in [0, 0.05) is 25.2 Å². The lowest BCUT2D eigenvalue weighted by molar-refractivity contribution is 0.0819. The van der Waals surface area contributed by atoms with Gasteiger partial charge in [-0.25, -0.2) is 0 Å². The normalized spacial score (nSPS) is 16.8. The third kappa shape index (κ3) is 3.80. The lowest BCUT2D eigenvalue weighted by atomic mass is 9.98. The van der Waals surface area contributed by atoms with E-state index in [0.717, 1.165) is 0 Å². The molecule has 3 nitrogen and oxygen atoms in total. The summed E-state index contributed by atoms with van der Waals surface area (Å²) in [5, 5.41) is 0. The zero-order valence-electron chi connectivity index (χ0n) is 11.3. The maximum atomic E-state index is 6.12. The molecule has 3 atom stereocenters. The largest absolute Gasteiger partial charge is 0.383 e. The van der Waals surface area contributed by atoms with Crippen LogP contribution in [0.1, 0.15) is 25.5 Å². The topological polar surface area (TPSA) is 38.5 Å². The Kier molecular flexibility index (Phi) is 5.62. The van der Waals surface area contributed by atoms with Crippen molar-refractivity contribution in [1.82, 2.24) is 4.90 Å². The van der Waals surface area contributed by atoms with Crippen molar-refractivity contribution in [2.75, 3.05) is 20.8 Å². The highest BCUT2D eigenvalue weighted by Gasteiger charge is 2.24. The van der Waals surface area contributed by atoms with E-state index in [1.807, 2.05) is 13.0 Å². The fraction of sp³-hybridized carbons (Fsp3) is 0.571. The summed E-state index contributed by atoms with van der Waals surface area (Å²) in [7, 11) is 3.83. The Labute approximate surface area is 105 Å². The highest BCUT2D eigenvalue weighted by Crippen LogP contribution is 2.23. The summed E-state index contributed by atoms with van der Waals surface area (Å²) in [6.45, 7) is 4.92. The van der Waals surface area contributed by atoms with E-state index in [1.165, 1.54) is 5.56 Å². The Morgan fingerprint density at radius 3 is 2.29 bits per heavy atom. The number of hydrogen-bond donors (Lipinski definition) is 1. The predicted octanol–water partition coefficient (Wildman–Crippen LogP) is 2.04. The molecule has 1 aromatic carbocycles. The van der Waals surface area contributed by atoms with Gasteiger partial charge in [-0.05, 0) is 26.5 Å². The van der Waals surface area contributed by atoms with Crippen molar-refractivity contribution in [2.45, 2.75) is 32.0 Å². The monoisotopic (exact) mass is 236 g/mol. The standard InChI is InChI=1S/C14H24N2O/c1-11(10-17-4)16(3)14(12(2)15)13-8-6-5-7-9-13/h5-9,11-12,14H,10,15H2,1-4H3. The minimum atomic E-state index is 0.0849. The van der Waals surface area contributed by atoms with E-state index in [1.54, 1.807) is 7.11 Å². The molecule has 3 unspecified atom stereocenters. The van der Waals surface area contributed by atoms with E-state index in [9.17, 15) is 0 Å². The summed E-state index contributed by atoms with van der Waals surface area (Å²) in [5.74, 6) is 0. The van der Waals surface area contributed by atoms with Gasteiger partial charge in [0.05, 0.1) is 6.61 Å². The highest BCUT2D eigenvalue weighted by molar-refractivity contribution is 5.20. The van der Waals surface area contributed by atoms with E-state index >= 15 is 0 Å². The Morgan fingerprint density at radius 2 is 1.82 bits per heavy atom. The number of benzene rings is 1. The SMILES string of the molecule is COCC(C)N(C)C(c1ccccc1)C(C)N. The van der Waals surface area contributed by atoms with Gasteiger partial charge in [-0.15, -0.1) is 0 Å². The van der Waals surface area contributed by atoms with Crippen LogP contribution in [-0.2, 0) is 4.74 Å². The Balaban J connectivity index is 2.86. The first-order valence-electron chi connectivity index (χ1n) is 6.09. The lowest BCUT2D eigenvalue weighted by Gasteiger charge is -2.35. The molecule has 0 saturated heterocycles. The molecular weight excluding hydrogens is 212 g/mol. The number of likely N-dealkylation sites (N-methyl/N-ethyl adjacent to an activating group) is 1. The van der Waals surface area contributed by atoms with E-state index in [0.29, 0.717) is 12.6 Å². The molecule has 3 heteroatoms. The predicted molar refractivity (Wildman–Crippen MR) is 71.9 cm³/mol. The fourth-order valence-electron chi connectivity index (χ4n) is 2.19. The molecule has 96 valence electrons. The molecule has 0 spiro atoms. The maximum absolute atomic E-state index is 6.12. The number of methoxy groups -OCH3 is 1. The first-order chi connectivity index (χ1) is 8.07. The zero-order chi connectivity index (χ0) is 12.8. The molecule has 0 aromatic heterocycles. The summed E-state index contributed by atoms with van der Waals surface area (Å²) in [4.78, 5) is 2.28. The minimum Gasteiger partial charge on any atom is -0.383 e. The van der Waals surface area contributed by atoms with Crippen LogP contribution >= 0.6 is 0 Å². The second kappa shape index (κ2) is 6.74. The van der Waals surface area contributed by atoms with Crippen LogP contribution in [0.2, 0.25) is 0 Å². The molecule has 2 N–H and O–H groups in total. The van der Waals surface area contributed by atoms with Gasteiger partial charge in [0.1, 0.15) is 0 Å². The maximum Gasteiger partial charge on any atom is 0.0615 e. The fourth-order valence-corrected chi connectivity index (χ4v) is 2.19. The van der Waals surface area contributed by atoms with Crippen LogP contribution < -0.4 is 5.73 Å². The molecule has 1 rings (SSSR count). The molecule has 0 aliphatic heterocycles. The van der Waals surface area contributed by atoms with Crippen molar-refractivity contribution < 1.29 is 4.74 Å². The Bertz CT molecular complexity index is 313. The molecule has 0 radical (unpaired) electrons. The van der Waals surface area contributed by atoms with Crippen molar-refractivity contribution in [3.8, 4) is 0 Å². The third-order valence-electron chi connectivity index (χ3n) is 3.18. The molecule has 17 heavy (non-hydrogen) atoms. The van der Waals surface area contributed by atoms with Gasteiger partial charge in [-0.2, -0.15) is 0 Å². The van der Waals surface area contributed by atoms with Crippen molar-refractivity contribution in [3.05, 3.63) is 35.9 Å². The number of nitrogens with zero attached hydrogens (tertiary/aromatic N) is 1. The first-order valence-corrected chi connectivity index (χ1v) is 6.09. The van der Waals surface area contributed by atoms with E-state index in [2.05, 4.69) is 43.1 Å². The molecular formula is C14H24N2O. The van der Waals surface area contributed by atoms with Crippen LogP contribution in [0.15, 0.2) is 30.3 Å². The average Bonchev–Trinajstić information content (AvgIpc) is 2.30. The van der Waals surface area contributed by atoms with Gasteiger partial charge in [0.2, 0.25) is 0 Å². The van der Waals surface area contributed by atoms with Crippen molar-refractivity contribution >= 4 is 0 Å². The Hall–Kier alpha value is -0.900. The number of nitrogens with two attached hydrogens (primary N) is 1. The molecule has 1 aromatic rings. The van der Waals surface area contributed by atoms with E-state index < -0.39 is 0 Å². The summed E-state index contributed by atoms with van der Waals surface area (Å²) in [6.07, 6.45) is 0. The van der Waals surface area contributed by atoms with Gasteiger partial charge in [0.25, 0.3) is 0 Å². The highest BCUT2D eigenvalue weighted by atomic mass is 16.5. The van der Waals surface area contributed by atoms with Crippen molar-refractivity contribution in [1.29, 1.82) is 0 Å². The summed E-state index contributed by atoms with van der Waals surface area (Å²) < 4.78 is 5.21. The third-order valence-corrected chi connectivity index (χ3v) is 3.18. The molecule has 0 aliphatic carbocycles. The number of hydrogen-bond acceptors (Lipinski definition) is 3. The van der Waals surface area contributed by atoms with E-state index in [-0.39, 0.29) is 12.1 Å². The molecule has 0 aliphatic rings. The molecule has 0 fully saturated rings. The molecule has 0 amide bonds. The first kappa shape index (κ1) is 14.2. The second-order valence-electron chi connectivity index (χ2n) is 4.68. The van der Waals surface area contributed by atoms with Crippen LogP contribution in [0.3, 0.4) is 0 Å². The summed E-state index contributed by atoms with van der Waals surface area (Å²) >= 11 is 0. The Morgan fingerprint density at radius 1 is 1.24 bits per heavy atom. The lowest BCUT2D eigenvalue weighted by Crippen LogP contribution is -2.43. The molecule has 0 heterocycles. The zero-order valence-corrected chi connectivity index (χ0v) is 11.3. The summed E-state index contributed by atoms with van der Waals surface area (Å²) in [6, 6.07) is 11.0. The minimum absolute atomic E-state index is 0.0849. The second-order valence-corrected chi connectivity index (χ2v) is 4.68. The van der Waals surface area contributed by atoms with Crippen LogP contribution in [0, 0.1) is 0 Å². The van der Waals surface area contributed by atoms with Gasteiger partial charge >= 0.3 is 0 Å². The van der Waals surface area contributed by atoms with Crippen LogP contribution in [0.25, 0.3) is 0 Å². The van der Waals surface area contributed by atoms with E-state index in [4.69, 9.17) is 10.5 Å². The van der Waals surface area contributed by atoms with Gasteiger partial charge in [0.15, 0.2) is 0 Å². The van der Waals surface area contributed by atoms with Crippen LogP contribution in [0.5, 0.6) is 0 Å².